The smallest absolute Gasteiger partial charge is 0.191 e. The predicted molar refractivity (Wildman–Crippen MR) is 122 cm³/mol. The molecular weight excluding hydrogens is 475 g/mol. The van der Waals surface area contributed by atoms with Crippen molar-refractivity contribution >= 4 is 41.3 Å². The van der Waals surface area contributed by atoms with Crippen LogP contribution in [0.4, 0.5) is 0 Å². The van der Waals surface area contributed by atoms with Crippen LogP contribution in [0, 0.1) is 5.92 Å². The Morgan fingerprint density at radius 2 is 2.19 bits per heavy atom. The Morgan fingerprint density at radius 1 is 1.37 bits per heavy atom. The van der Waals surface area contributed by atoms with Crippen LogP contribution in [0.3, 0.4) is 0 Å². The number of hydrogen-bond donors (Lipinski definition) is 2. The molecule has 2 heterocycles. The number of thiophene rings is 1. The second kappa shape index (κ2) is 12.9. The topological polar surface area (TPSA) is 58.1 Å². The summed E-state index contributed by atoms with van der Waals surface area (Å²) >= 11 is 1.82. The first-order valence-electron chi connectivity index (χ1n) is 9.74. The van der Waals surface area contributed by atoms with E-state index < -0.39 is 0 Å². The highest BCUT2D eigenvalue weighted by atomic mass is 127. The summed E-state index contributed by atoms with van der Waals surface area (Å²) in [6, 6.07) is 4.71. The lowest BCUT2D eigenvalue weighted by atomic mass is 10.2. The van der Waals surface area contributed by atoms with E-state index in [-0.39, 0.29) is 24.0 Å². The maximum absolute atomic E-state index is 5.68. The number of morpholine rings is 1. The van der Waals surface area contributed by atoms with Crippen molar-refractivity contribution in [3.05, 3.63) is 22.4 Å². The second-order valence-corrected chi connectivity index (χ2v) is 7.91. The monoisotopic (exact) mass is 508 g/mol. The minimum atomic E-state index is 0. The Kier molecular flexibility index (Phi) is 10.9. The minimum absolute atomic E-state index is 0. The number of rotatable bonds is 10. The molecule has 1 aliphatic carbocycles. The van der Waals surface area contributed by atoms with E-state index in [9.17, 15) is 0 Å². The lowest BCUT2D eigenvalue weighted by molar-refractivity contribution is 0.0177. The van der Waals surface area contributed by atoms with Crippen molar-refractivity contribution in [1.29, 1.82) is 0 Å². The molecular formula is C19H33IN4O2S. The molecule has 1 saturated carbocycles. The van der Waals surface area contributed by atoms with Gasteiger partial charge in [-0.1, -0.05) is 6.07 Å². The van der Waals surface area contributed by atoms with Gasteiger partial charge in [-0.2, -0.15) is 0 Å². The first-order valence-corrected chi connectivity index (χ1v) is 10.6. The average molecular weight is 508 g/mol. The summed E-state index contributed by atoms with van der Waals surface area (Å²) in [5.41, 5.74) is 0. The quantitative estimate of drug-likeness (QED) is 0.220. The maximum atomic E-state index is 5.68. The average Bonchev–Trinajstić information content (AvgIpc) is 3.35. The van der Waals surface area contributed by atoms with Gasteiger partial charge >= 0.3 is 0 Å². The molecule has 3 rings (SSSR count). The summed E-state index contributed by atoms with van der Waals surface area (Å²) in [6.45, 7) is 7.08. The van der Waals surface area contributed by atoms with Gasteiger partial charge in [0.15, 0.2) is 5.96 Å². The van der Waals surface area contributed by atoms with Crippen LogP contribution in [0.15, 0.2) is 22.5 Å². The standard InChI is InChI=1S/C19H32N4O2S.HI/c1-20-19(21-7-3-10-25-15-16-5-6-16)22-14-17(18-4-2-13-26-18)23-8-11-24-12-9-23;/h2,4,13,16-17H,3,5-12,14-15H2,1H3,(H2,20,21,22);1H. The van der Waals surface area contributed by atoms with E-state index in [4.69, 9.17) is 9.47 Å². The molecule has 8 heteroatoms. The van der Waals surface area contributed by atoms with Crippen LogP contribution in [0.5, 0.6) is 0 Å². The fraction of sp³-hybridized carbons (Fsp3) is 0.737. The molecule has 154 valence electrons. The zero-order valence-corrected chi connectivity index (χ0v) is 19.3. The Labute approximate surface area is 184 Å². The van der Waals surface area contributed by atoms with E-state index in [0.29, 0.717) is 6.04 Å². The molecule has 1 aromatic heterocycles. The zero-order chi connectivity index (χ0) is 18.0. The fourth-order valence-corrected chi connectivity index (χ4v) is 3.97. The number of guanidine groups is 1. The van der Waals surface area contributed by atoms with Crippen LogP contribution >= 0.6 is 35.3 Å². The van der Waals surface area contributed by atoms with Crippen LogP contribution in [-0.2, 0) is 9.47 Å². The minimum Gasteiger partial charge on any atom is -0.381 e. The Balaban J connectivity index is 0.00000261. The highest BCUT2D eigenvalue weighted by Crippen LogP contribution is 2.28. The summed E-state index contributed by atoms with van der Waals surface area (Å²) in [6.07, 6.45) is 3.71. The highest BCUT2D eigenvalue weighted by molar-refractivity contribution is 14.0. The van der Waals surface area contributed by atoms with Crippen LogP contribution in [0.1, 0.15) is 30.2 Å². The van der Waals surface area contributed by atoms with E-state index in [1.165, 1.54) is 17.7 Å². The van der Waals surface area contributed by atoms with E-state index >= 15 is 0 Å². The van der Waals surface area contributed by atoms with Crippen molar-refractivity contribution in [3.63, 3.8) is 0 Å². The number of aliphatic imine (C=N–C) groups is 1. The van der Waals surface area contributed by atoms with Crippen LogP contribution < -0.4 is 10.6 Å². The van der Waals surface area contributed by atoms with E-state index in [1.54, 1.807) is 0 Å². The molecule has 0 bridgehead atoms. The number of ether oxygens (including phenoxy) is 2. The first kappa shape index (κ1) is 22.9. The van der Waals surface area contributed by atoms with Gasteiger partial charge in [0.05, 0.1) is 19.3 Å². The lowest BCUT2D eigenvalue weighted by Gasteiger charge is -2.34. The molecule has 1 atom stereocenters. The second-order valence-electron chi connectivity index (χ2n) is 6.93. The van der Waals surface area contributed by atoms with Crippen LogP contribution in [-0.4, -0.2) is 70.5 Å². The van der Waals surface area contributed by atoms with Crippen molar-refractivity contribution in [1.82, 2.24) is 15.5 Å². The molecule has 6 nitrogen and oxygen atoms in total. The van der Waals surface area contributed by atoms with Gasteiger partial charge in [-0.3, -0.25) is 9.89 Å². The molecule has 0 spiro atoms. The Hall–Kier alpha value is -0.420. The molecule has 1 aliphatic heterocycles. The zero-order valence-electron chi connectivity index (χ0n) is 16.2. The van der Waals surface area contributed by atoms with E-state index in [1.807, 2.05) is 18.4 Å². The number of nitrogens with zero attached hydrogens (tertiary/aromatic N) is 2. The molecule has 2 N–H and O–H groups in total. The maximum Gasteiger partial charge on any atom is 0.191 e. The number of hydrogen-bond acceptors (Lipinski definition) is 5. The third kappa shape index (κ3) is 8.23. The van der Waals surface area contributed by atoms with Crippen molar-refractivity contribution < 1.29 is 9.47 Å². The molecule has 27 heavy (non-hydrogen) atoms. The largest absolute Gasteiger partial charge is 0.381 e. The molecule has 1 unspecified atom stereocenters. The molecule has 0 aromatic carbocycles. The molecule has 2 aliphatic rings. The van der Waals surface area contributed by atoms with Crippen molar-refractivity contribution in [2.45, 2.75) is 25.3 Å². The number of halogens is 1. The Morgan fingerprint density at radius 3 is 2.85 bits per heavy atom. The molecule has 0 radical (unpaired) electrons. The summed E-state index contributed by atoms with van der Waals surface area (Å²) < 4.78 is 11.2. The highest BCUT2D eigenvalue weighted by Gasteiger charge is 2.23. The lowest BCUT2D eigenvalue weighted by Crippen LogP contribution is -2.46. The third-order valence-electron chi connectivity index (χ3n) is 4.85. The van der Waals surface area contributed by atoms with Gasteiger partial charge in [0.1, 0.15) is 0 Å². The number of nitrogens with one attached hydrogen (secondary N) is 2. The molecule has 1 saturated heterocycles. The van der Waals surface area contributed by atoms with Crippen molar-refractivity contribution in [3.8, 4) is 0 Å². The third-order valence-corrected chi connectivity index (χ3v) is 5.83. The SMILES string of the molecule is CN=C(NCCCOCC1CC1)NCC(c1cccs1)N1CCOCC1.I. The predicted octanol–water partition coefficient (Wildman–Crippen LogP) is 2.72. The summed E-state index contributed by atoms with van der Waals surface area (Å²) in [4.78, 5) is 8.25. The van der Waals surface area contributed by atoms with Gasteiger partial charge in [0.2, 0.25) is 0 Å². The van der Waals surface area contributed by atoms with Gasteiger partial charge in [-0.05, 0) is 36.6 Å². The van der Waals surface area contributed by atoms with Gasteiger partial charge in [-0.25, -0.2) is 0 Å². The van der Waals surface area contributed by atoms with Gasteiger partial charge in [0, 0.05) is 51.3 Å². The first-order chi connectivity index (χ1) is 12.9. The summed E-state index contributed by atoms with van der Waals surface area (Å²) in [7, 11) is 1.83. The summed E-state index contributed by atoms with van der Waals surface area (Å²) in [5.74, 6) is 1.70. The molecule has 2 fully saturated rings. The van der Waals surface area contributed by atoms with E-state index in [0.717, 1.165) is 70.9 Å². The van der Waals surface area contributed by atoms with Gasteiger partial charge in [-0.15, -0.1) is 35.3 Å². The van der Waals surface area contributed by atoms with Crippen molar-refractivity contribution in [2.75, 3.05) is 59.7 Å². The fourth-order valence-electron chi connectivity index (χ4n) is 3.11. The van der Waals surface area contributed by atoms with Gasteiger partial charge < -0.3 is 20.1 Å². The molecule has 1 aromatic rings. The van der Waals surface area contributed by atoms with E-state index in [2.05, 4.69) is 38.0 Å². The van der Waals surface area contributed by atoms with Crippen molar-refractivity contribution in [2.24, 2.45) is 10.9 Å². The normalized spacial score (nSPS) is 19.4. The summed E-state index contributed by atoms with van der Waals surface area (Å²) in [5, 5.41) is 9.04. The van der Waals surface area contributed by atoms with Crippen LogP contribution in [0.25, 0.3) is 0 Å². The molecule has 0 amide bonds. The Bertz CT molecular complexity index is 534. The van der Waals surface area contributed by atoms with Crippen LogP contribution in [0.2, 0.25) is 0 Å². The van der Waals surface area contributed by atoms with Gasteiger partial charge in [0.25, 0.3) is 0 Å².